The van der Waals surface area contributed by atoms with Crippen LogP contribution in [0.2, 0.25) is 0 Å². The summed E-state index contributed by atoms with van der Waals surface area (Å²) in [5.74, 6) is 0. The average Bonchev–Trinajstić information content (AvgIpc) is 2.54. The first-order chi connectivity index (χ1) is 5.86. The Labute approximate surface area is 73.8 Å². The second-order valence-corrected chi connectivity index (χ2v) is 2.82. The van der Waals surface area contributed by atoms with Crippen molar-refractivity contribution >= 4 is 0 Å². The smallest absolute Gasteiger partial charge is 0.0925 e. The fourth-order valence-electron chi connectivity index (χ4n) is 1.35. The maximum absolute atomic E-state index is 4.21. The van der Waals surface area contributed by atoms with E-state index in [4.69, 9.17) is 0 Å². The van der Waals surface area contributed by atoms with Gasteiger partial charge in [-0.15, -0.1) is 0 Å². The molecule has 2 heterocycles. The van der Waals surface area contributed by atoms with Gasteiger partial charge in [-0.3, -0.25) is 0 Å². The number of likely N-dealkylation sites (N-methyl/N-ethyl adjacent to an activating group) is 1. The summed E-state index contributed by atoms with van der Waals surface area (Å²) < 4.78 is 0. The summed E-state index contributed by atoms with van der Waals surface area (Å²) >= 11 is 0. The van der Waals surface area contributed by atoms with Gasteiger partial charge in [-0.05, 0) is 7.05 Å². The molecule has 0 radical (unpaired) electrons. The lowest BCUT2D eigenvalue weighted by molar-refractivity contribution is 0.307. The molecule has 1 aliphatic heterocycles. The minimum Gasteiger partial charge on any atom is -0.347 e. The minimum atomic E-state index is 1.02. The lowest BCUT2D eigenvalue weighted by Crippen LogP contribution is -2.26. The highest BCUT2D eigenvalue weighted by atomic mass is 15.1. The molecule has 1 N–H and O–H groups in total. The van der Waals surface area contributed by atoms with Gasteiger partial charge in [0.2, 0.25) is 0 Å². The van der Waals surface area contributed by atoms with Crippen molar-refractivity contribution in [2.75, 3.05) is 13.6 Å². The number of nitrogens with one attached hydrogen (secondary N) is 1. The van der Waals surface area contributed by atoms with Crippen molar-refractivity contribution < 1.29 is 0 Å². The van der Waals surface area contributed by atoms with E-state index in [1.807, 2.05) is 13.8 Å². The maximum Gasteiger partial charge on any atom is 0.0925 e. The fraction of sp³-hybridized carbons (Fsp3) is 0.667. The molecule has 1 aromatic heterocycles. The third kappa shape index (κ3) is 1.85. The van der Waals surface area contributed by atoms with Gasteiger partial charge < -0.3 is 9.88 Å². The number of fused-ring (bicyclic) bond motifs is 1. The zero-order valence-electron chi connectivity index (χ0n) is 8.09. The summed E-state index contributed by atoms with van der Waals surface area (Å²) in [6, 6.07) is 0. The van der Waals surface area contributed by atoms with Crippen molar-refractivity contribution in [1.82, 2.24) is 14.9 Å². The highest BCUT2D eigenvalue weighted by Gasteiger charge is 2.13. The molecule has 68 valence electrons. The van der Waals surface area contributed by atoms with Gasteiger partial charge in [0.15, 0.2) is 0 Å². The van der Waals surface area contributed by atoms with Crippen LogP contribution in [-0.4, -0.2) is 28.5 Å². The molecule has 0 atom stereocenters. The highest BCUT2D eigenvalue weighted by molar-refractivity contribution is 5.13. The molecule has 2 rings (SSSR count). The first kappa shape index (κ1) is 9.26. The van der Waals surface area contributed by atoms with Gasteiger partial charge in [0.05, 0.1) is 17.7 Å². The van der Waals surface area contributed by atoms with Gasteiger partial charge in [-0.1, -0.05) is 13.8 Å². The fourth-order valence-corrected chi connectivity index (χ4v) is 1.35. The van der Waals surface area contributed by atoms with Gasteiger partial charge in [0.25, 0.3) is 0 Å². The third-order valence-corrected chi connectivity index (χ3v) is 1.97. The van der Waals surface area contributed by atoms with Crippen molar-refractivity contribution in [3.05, 3.63) is 17.7 Å². The molecule has 0 spiro atoms. The third-order valence-electron chi connectivity index (χ3n) is 1.97. The maximum atomic E-state index is 4.21. The van der Waals surface area contributed by atoms with Crippen LogP contribution in [0.4, 0.5) is 0 Å². The molecule has 12 heavy (non-hydrogen) atoms. The largest absolute Gasteiger partial charge is 0.347 e. The van der Waals surface area contributed by atoms with Gasteiger partial charge in [0, 0.05) is 19.5 Å². The van der Waals surface area contributed by atoms with E-state index in [1.165, 1.54) is 11.4 Å². The minimum absolute atomic E-state index is 1.02. The summed E-state index contributed by atoms with van der Waals surface area (Å²) in [6.07, 6.45) is 2.87. The predicted molar refractivity (Wildman–Crippen MR) is 50.0 cm³/mol. The standard InChI is InChI=1S/C7H11N3.C2H6/c1-10-3-2-6-7(4-10)9-5-8-6;1-2/h5H,2-4H2,1H3,(H,8,9);1-2H3. The Morgan fingerprint density at radius 3 is 3.00 bits per heavy atom. The summed E-state index contributed by atoms with van der Waals surface area (Å²) in [7, 11) is 2.13. The van der Waals surface area contributed by atoms with Gasteiger partial charge in [0.1, 0.15) is 0 Å². The number of aromatic nitrogens is 2. The van der Waals surface area contributed by atoms with Crippen LogP contribution in [0.3, 0.4) is 0 Å². The Kier molecular flexibility index (Phi) is 3.29. The number of aromatic amines is 1. The summed E-state index contributed by atoms with van der Waals surface area (Å²) in [6.45, 7) is 6.16. The quantitative estimate of drug-likeness (QED) is 0.633. The monoisotopic (exact) mass is 167 g/mol. The van der Waals surface area contributed by atoms with Crippen molar-refractivity contribution in [3.8, 4) is 0 Å². The first-order valence-electron chi connectivity index (χ1n) is 4.56. The molecule has 3 heteroatoms. The Hall–Kier alpha value is -0.830. The van der Waals surface area contributed by atoms with E-state index in [0.717, 1.165) is 19.5 Å². The Balaban J connectivity index is 0.000000336. The lowest BCUT2D eigenvalue weighted by atomic mass is 10.2. The average molecular weight is 167 g/mol. The molecule has 1 aromatic rings. The molecule has 0 saturated heterocycles. The number of H-pyrrole nitrogens is 1. The molecule has 0 unspecified atom stereocenters. The number of imidazole rings is 1. The number of hydrogen-bond acceptors (Lipinski definition) is 2. The zero-order valence-corrected chi connectivity index (χ0v) is 8.09. The van der Waals surface area contributed by atoms with Gasteiger partial charge >= 0.3 is 0 Å². The van der Waals surface area contributed by atoms with E-state index < -0.39 is 0 Å². The van der Waals surface area contributed by atoms with Crippen molar-refractivity contribution in [2.45, 2.75) is 26.8 Å². The van der Waals surface area contributed by atoms with Gasteiger partial charge in [-0.2, -0.15) is 0 Å². The molecule has 0 fully saturated rings. The molecule has 0 aliphatic carbocycles. The second kappa shape index (κ2) is 4.26. The first-order valence-corrected chi connectivity index (χ1v) is 4.56. The molecule has 0 bridgehead atoms. The van der Waals surface area contributed by atoms with Crippen molar-refractivity contribution in [1.29, 1.82) is 0 Å². The van der Waals surface area contributed by atoms with E-state index in [1.54, 1.807) is 6.33 Å². The van der Waals surface area contributed by atoms with Crippen LogP contribution in [-0.2, 0) is 13.0 Å². The predicted octanol–water partition coefficient (Wildman–Crippen LogP) is 1.42. The number of hydrogen-bond donors (Lipinski definition) is 1. The zero-order chi connectivity index (χ0) is 8.97. The SMILES string of the molecule is CC.CN1CCc2nc[nH]c2C1. The molecule has 0 saturated carbocycles. The van der Waals surface area contributed by atoms with E-state index in [2.05, 4.69) is 21.9 Å². The van der Waals surface area contributed by atoms with Crippen LogP contribution < -0.4 is 0 Å². The van der Waals surface area contributed by atoms with E-state index >= 15 is 0 Å². The molecular weight excluding hydrogens is 150 g/mol. The Morgan fingerprint density at radius 2 is 2.25 bits per heavy atom. The van der Waals surface area contributed by atoms with Crippen molar-refractivity contribution in [3.63, 3.8) is 0 Å². The van der Waals surface area contributed by atoms with Crippen LogP contribution in [0.1, 0.15) is 25.2 Å². The summed E-state index contributed by atoms with van der Waals surface area (Å²) in [5, 5.41) is 0. The molecule has 0 aromatic carbocycles. The normalized spacial score (nSPS) is 16.2. The number of nitrogens with zero attached hydrogens (tertiary/aromatic N) is 2. The van der Waals surface area contributed by atoms with Crippen molar-refractivity contribution in [2.24, 2.45) is 0 Å². The van der Waals surface area contributed by atoms with Crippen LogP contribution in [0.25, 0.3) is 0 Å². The molecule has 3 nitrogen and oxygen atoms in total. The van der Waals surface area contributed by atoms with Crippen LogP contribution in [0, 0.1) is 0 Å². The number of rotatable bonds is 0. The second-order valence-electron chi connectivity index (χ2n) is 2.82. The molecular formula is C9H17N3. The van der Waals surface area contributed by atoms with Crippen LogP contribution >= 0.6 is 0 Å². The van der Waals surface area contributed by atoms with Crippen LogP contribution in [0.5, 0.6) is 0 Å². The van der Waals surface area contributed by atoms with Crippen LogP contribution in [0.15, 0.2) is 6.33 Å². The van der Waals surface area contributed by atoms with E-state index in [0.29, 0.717) is 0 Å². The topological polar surface area (TPSA) is 31.9 Å². The Bertz CT molecular complexity index is 229. The molecule has 0 amide bonds. The summed E-state index contributed by atoms with van der Waals surface area (Å²) in [4.78, 5) is 9.64. The highest BCUT2D eigenvalue weighted by Crippen LogP contribution is 2.12. The molecule has 1 aliphatic rings. The summed E-state index contributed by atoms with van der Waals surface area (Å²) in [5.41, 5.74) is 2.53. The van der Waals surface area contributed by atoms with E-state index in [9.17, 15) is 0 Å². The lowest BCUT2D eigenvalue weighted by Gasteiger charge is -2.20. The van der Waals surface area contributed by atoms with Gasteiger partial charge in [-0.25, -0.2) is 4.98 Å². The van der Waals surface area contributed by atoms with E-state index in [-0.39, 0.29) is 0 Å². The Morgan fingerprint density at radius 1 is 1.50 bits per heavy atom.